The zero-order valence-corrected chi connectivity index (χ0v) is 66.6. The van der Waals surface area contributed by atoms with Crippen molar-refractivity contribution in [1.82, 2.24) is 0 Å². The first kappa shape index (κ1) is 98.2. The van der Waals surface area contributed by atoms with Crippen LogP contribution in [-0.4, -0.2) is 96.7 Å². The van der Waals surface area contributed by atoms with Crippen molar-refractivity contribution in [2.24, 2.45) is 0 Å². The summed E-state index contributed by atoms with van der Waals surface area (Å²) in [7, 11) is -9.96. The van der Waals surface area contributed by atoms with Crippen LogP contribution < -0.4 is 0 Å². The number of unbranched alkanes of at least 4 members (excludes halogenated alkanes) is 37. The van der Waals surface area contributed by atoms with Gasteiger partial charge < -0.3 is 33.8 Å². The highest BCUT2D eigenvalue weighted by molar-refractivity contribution is 7.47. The SMILES string of the molecule is CC/C=C\C/C=C\C/C=C\C/C=C\C/C=C\CCCCCC(=O)OCC(COP(=O)(O)OCC(O)COP(=O)(O)OCC(COC(=O)CCCCCCCCCCCCCCCCC)OC(=O)CCCCCCCCCCCCCCCCC)OC(=O)CCCCCCC/C=C\C/C=C\CCC. The fraction of sp³-hybridized carbons (Fsp3) is 0.783. The van der Waals surface area contributed by atoms with Gasteiger partial charge in [0.2, 0.25) is 0 Å². The van der Waals surface area contributed by atoms with Gasteiger partial charge in [0, 0.05) is 25.7 Å². The number of phosphoric acid groups is 2. The maximum atomic E-state index is 13.1. The maximum Gasteiger partial charge on any atom is 0.472 e. The summed E-state index contributed by atoms with van der Waals surface area (Å²) in [4.78, 5) is 73.0. The number of ether oxygens (including phenoxy) is 4. The summed E-state index contributed by atoms with van der Waals surface area (Å²) in [5.41, 5.74) is 0. The van der Waals surface area contributed by atoms with Gasteiger partial charge in [-0.15, -0.1) is 0 Å². The molecule has 0 rings (SSSR count). The first-order valence-electron chi connectivity index (χ1n) is 40.8. The van der Waals surface area contributed by atoms with E-state index in [2.05, 4.69) is 113 Å². The first-order chi connectivity index (χ1) is 49.7. The van der Waals surface area contributed by atoms with Gasteiger partial charge in [-0.05, 0) is 96.3 Å². The number of esters is 4. The Morgan fingerprint density at radius 2 is 0.529 bits per heavy atom. The van der Waals surface area contributed by atoms with Crippen LogP contribution in [0, 0.1) is 0 Å². The van der Waals surface area contributed by atoms with Crippen molar-refractivity contribution in [3.8, 4) is 0 Å². The van der Waals surface area contributed by atoms with Crippen LogP contribution in [0.15, 0.2) is 85.1 Å². The number of carbonyl (C=O) groups is 4. The molecule has 0 aromatic heterocycles. The average Bonchev–Trinajstić information content (AvgIpc) is 0.908. The summed E-state index contributed by atoms with van der Waals surface area (Å²) in [6.45, 7) is 4.72. The molecule has 0 fully saturated rings. The lowest BCUT2D eigenvalue weighted by Crippen LogP contribution is -2.30. The molecule has 0 aromatic carbocycles. The van der Waals surface area contributed by atoms with E-state index < -0.39 is 97.5 Å². The molecule has 0 spiro atoms. The fourth-order valence-corrected chi connectivity index (χ4v) is 12.7. The summed E-state index contributed by atoms with van der Waals surface area (Å²) in [5, 5.41) is 10.6. The van der Waals surface area contributed by atoms with Gasteiger partial charge in [0.25, 0.3) is 0 Å². The quantitative estimate of drug-likeness (QED) is 0.0169. The molecule has 0 heterocycles. The Balaban J connectivity index is 5.35. The summed E-state index contributed by atoms with van der Waals surface area (Å²) >= 11 is 0. The second-order valence-corrected chi connectivity index (χ2v) is 30.3. The summed E-state index contributed by atoms with van der Waals surface area (Å²) < 4.78 is 68.6. The van der Waals surface area contributed by atoms with E-state index >= 15 is 0 Å². The Bertz CT molecular complexity index is 2260. The second-order valence-electron chi connectivity index (χ2n) is 27.3. The molecule has 0 aliphatic rings. The Morgan fingerprint density at radius 1 is 0.284 bits per heavy atom. The number of aliphatic hydroxyl groups is 1. The Hall–Kier alpha value is -3.76. The molecule has 0 aliphatic carbocycles. The molecule has 5 unspecified atom stereocenters. The summed E-state index contributed by atoms with van der Waals surface area (Å²) in [5.74, 6) is -2.20. The van der Waals surface area contributed by atoms with E-state index in [-0.39, 0.29) is 25.7 Å². The molecule has 102 heavy (non-hydrogen) atoms. The molecular formula is C83H148O17P2. The van der Waals surface area contributed by atoms with Crippen LogP contribution in [0.3, 0.4) is 0 Å². The molecule has 0 bridgehead atoms. The van der Waals surface area contributed by atoms with E-state index in [0.29, 0.717) is 25.7 Å². The molecule has 0 amide bonds. The monoisotopic (exact) mass is 1480 g/mol. The van der Waals surface area contributed by atoms with E-state index in [1.807, 2.05) is 0 Å². The molecule has 0 aromatic rings. The van der Waals surface area contributed by atoms with Crippen molar-refractivity contribution in [3.63, 3.8) is 0 Å². The Morgan fingerprint density at radius 3 is 0.833 bits per heavy atom. The van der Waals surface area contributed by atoms with Crippen LogP contribution in [-0.2, 0) is 65.4 Å². The average molecular weight is 1480 g/mol. The highest BCUT2D eigenvalue weighted by Crippen LogP contribution is 2.45. The number of carbonyl (C=O) groups excluding carboxylic acids is 4. The minimum atomic E-state index is -4.98. The van der Waals surface area contributed by atoms with Crippen molar-refractivity contribution >= 4 is 39.5 Å². The molecule has 19 heteroatoms. The number of rotatable bonds is 77. The third kappa shape index (κ3) is 74.5. The molecule has 0 saturated heterocycles. The molecule has 592 valence electrons. The van der Waals surface area contributed by atoms with Gasteiger partial charge in [0.05, 0.1) is 26.4 Å². The zero-order chi connectivity index (χ0) is 74.6. The number of phosphoric ester groups is 2. The van der Waals surface area contributed by atoms with Crippen molar-refractivity contribution in [1.29, 1.82) is 0 Å². The normalized spacial score (nSPS) is 14.3. The fourth-order valence-electron chi connectivity index (χ4n) is 11.2. The topological polar surface area (TPSA) is 237 Å². The standard InChI is InChI=1S/C83H148O17P2/c1-5-9-13-17-21-25-29-33-36-37-38-39-42-45-48-52-56-60-64-68-81(86)94-73-78(99-82(87)69-65-61-57-53-49-43-32-28-24-20-16-12-8-4)75-97-101(89,90)95-71-77(84)72-96-102(91,92)98-76-79(100-83(88)70-66-62-58-54-50-46-41-35-31-27-23-19-15-11-7-3)74-93-80(85)67-63-59-55-51-47-44-40-34-30-26-22-18-14-10-6-2/h9,13,16,20-21,25,28,32-33,36,38-39,45,48,77-79,84H,5-8,10-12,14-15,17-19,22-24,26-27,29-31,34-35,37,40-44,46-47,49-76H2,1-4H3,(H,89,90)(H,91,92)/b13-9-,20-16-,25-21-,32-28-,36-33-,39-38-,48-45-. The minimum absolute atomic E-state index is 0.0721. The van der Waals surface area contributed by atoms with Gasteiger partial charge >= 0.3 is 39.5 Å². The number of hydrogen-bond acceptors (Lipinski definition) is 15. The molecule has 0 saturated carbocycles. The third-order valence-corrected chi connectivity index (χ3v) is 19.3. The molecule has 5 atom stereocenters. The minimum Gasteiger partial charge on any atom is -0.462 e. The lowest BCUT2D eigenvalue weighted by molar-refractivity contribution is -0.161. The van der Waals surface area contributed by atoms with Crippen molar-refractivity contribution in [3.05, 3.63) is 85.1 Å². The molecule has 17 nitrogen and oxygen atoms in total. The number of hydrogen-bond donors (Lipinski definition) is 3. The number of allylic oxidation sites excluding steroid dienone is 14. The van der Waals surface area contributed by atoms with E-state index in [1.54, 1.807) is 0 Å². The van der Waals surface area contributed by atoms with Crippen molar-refractivity contribution < 1.29 is 80.2 Å². The predicted octanol–water partition coefficient (Wildman–Crippen LogP) is 23.8. The van der Waals surface area contributed by atoms with Crippen molar-refractivity contribution in [2.75, 3.05) is 39.6 Å². The van der Waals surface area contributed by atoms with Crippen LogP contribution >= 0.6 is 15.6 Å². The van der Waals surface area contributed by atoms with Crippen LogP contribution in [0.25, 0.3) is 0 Å². The van der Waals surface area contributed by atoms with Gasteiger partial charge in [0.1, 0.15) is 19.3 Å². The van der Waals surface area contributed by atoms with E-state index in [0.717, 1.165) is 148 Å². The van der Waals surface area contributed by atoms with E-state index in [9.17, 15) is 43.2 Å². The highest BCUT2D eigenvalue weighted by atomic mass is 31.2. The van der Waals surface area contributed by atoms with Gasteiger partial charge in [-0.2, -0.15) is 0 Å². The molecule has 0 radical (unpaired) electrons. The Labute approximate surface area is 621 Å². The van der Waals surface area contributed by atoms with Crippen LogP contribution in [0.2, 0.25) is 0 Å². The van der Waals surface area contributed by atoms with Gasteiger partial charge in [0.15, 0.2) is 12.2 Å². The summed E-state index contributed by atoms with van der Waals surface area (Å²) in [6, 6.07) is 0. The van der Waals surface area contributed by atoms with Gasteiger partial charge in [-0.3, -0.25) is 37.3 Å². The van der Waals surface area contributed by atoms with Crippen LogP contribution in [0.1, 0.15) is 362 Å². The smallest absolute Gasteiger partial charge is 0.462 e. The second kappa shape index (κ2) is 75.5. The largest absolute Gasteiger partial charge is 0.472 e. The highest BCUT2D eigenvalue weighted by Gasteiger charge is 2.30. The molecule has 0 aliphatic heterocycles. The van der Waals surface area contributed by atoms with Crippen molar-refractivity contribution in [2.45, 2.75) is 380 Å². The third-order valence-electron chi connectivity index (χ3n) is 17.4. The lowest BCUT2D eigenvalue weighted by atomic mass is 10.0. The van der Waals surface area contributed by atoms with E-state index in [4.69, 9.17) is 37.0 Å². The van der Waals surface area contributed by atoms with Gasteiger partial charge in [-0.25, -0.2) is 9.13 Å². The van der Waals surface area contributed by atoms with Gasteiger partial charge in [-0.1, -0.05) is 325 Å². The number of aliphatic hydroxyl groups excluding tert-OH is 1. The lowest BCUT2D eigenvalue weighted by Gasteiger charge is -2.21. The molecule has 3 N–H and O–H groups in total. The van der Waals surface area contributed by atoms with Crippen LogP contribution in [0.5, 0.6) is 0 Å². The van der Waals surface area contributed by atoms with Crippen LogP contribution in [0.4, 0.5) is 0 Å². The zero-order valence-electron chi connectivity index (χ0n) is 64.8. The predicted molar refractivity (Wildman–Crippen MR) is 418 cm³/mol. The summed E-state index contributed by atoms with van der Waals surface area (Å²) in [6.07, 6.45) is 78.4. The first-order valence-corrected chi connectivity index (χ1v) is 43.8. The maximum absolute atomic E-state index is 13.1. The Kier molecular flexibility index (Phi) is 72.7. The van der Waals surface area contributed by atoms with E-state index in [1.165, 1.54) is 135 Å². The molecular weight excluding hydrogens is 1330 g/mol.